The second kappa shape index (κ2) is 25.9. The van der Waals surface area contributed by atoms with Gasteiger partial charge in [-0.05, 0) is 24.6 Å². The SMILES string of the molecule is CCCCCCCCCCOP(O)(=S)SCCCCCCCCCC.[S-2].[Zn+2]. The molecule has 2 nitrogen and oxygen atoms in total. The summed E-state index contributed by atoms with van der Waals surface area (Å²) in [4.78, 5) is 10.2. The average Bonchev–Trinajstić information content (AvgIpc) is 2.59. The van der Waals surface area contributed by atoms with Crippen LogP contribution in [0.4, 0.5) is 0 Å². The normalized spacial score (nSPS) is 12.9. The molecule has 0 aliphatic carbocycles. The molecule has 0 spiro atoms. The van der Waals surface area contributed by atoms with Crippen molar-refractivity contribution >= 4 is 42.4 Å². The van der Waals surface area contributed by atoms with Gasteiger partial charge in [0.05, 0.1) is 6.61 Å². The van der Waals surface area contributed by atoms with Crippen molar-refractivity contribution in [2.45, 2.75) is 117 Å². The van der Waals surface area contributed by atoms with Gasteiger partial charge in [-0.25, -0.2) is 0 Å². The summed E-state index contributed by atoms with van der Waals surface area (Å²) in [5.74, 6) is 0.945. The van der Waals surface area contributed by atoms with Gasteiger partial charge >= 0.3 is 19.5 Å². The van der Waals surface area contributed by atoms with Gasteiger partial charge in [-0.15, -0.1) is 0 Å². The summed E-state index contributed by atoms with van der Waals surface area (Å²) in [5.41, 5.74) is -2.58. The van der Waals surface area contributed by atoms with Crippen LogP contribution in [-0.2, 0) is 49.3 Å². The molecule has 0 radical (unpaired) electrons. The van der Waals surface area contributed by atoms with E-state index in [-0.39, 0.29) is 33.0 Å². The summed E-state index contributed by atoms with van der Waals surface area (Å²) >= 11 is 6.74. The third kappa shape index (κ3) is 27.9. The third-order valence-electron chi connectivity index (χ3n) is 4.50. The van der Waals surface area contributed by atoms with Gasteiger partial charge in [0.25, 0.3) is 0 Å². The van der Waals surface area contributed by atoms with E-state index in [1.165, 1.54) is 101 Å². The topological polar surface area (TPSA) is 29.5 Å². The molecule has 1 unspecified atom stereocenters. The molecular weight excluding hydrogens is 465 g/mol. The van der Waals surface area contributed by atoms with E-state index in [4.69, 9.17) is 16.3 Å². The predicted octanol–water partition coefficient (Wildman–Crippen LogP) is 8.23. The van der Waals surface area contributed by atoms with Crippen LogP contribution in [0.1, 0.15) is 117 Å². The van der Waals surface area contributed by atoms with E-state index >= 15 is 0 Å². The molecule has 0 saturated heterocycles. The first-order valence-corrected chi connectivity index (χ1v) is 15.0. The molecule has 0 rings (SSSR count). The van der Waals surface area contributed by atoms with E-state index in [1.807, 2.05) is 0 Å². The van der Waals surface area contributed by atoms with Crippen molar-refractivity contribution in [2.75, 3.05) is 12.4 Å². The monoisotopic (exact) mass is 506 g/mol. The average molecular weight is 508 g/mol. The van der Waals surface area contributed by atoms with E-state index < -0.39 is 5.69 Å². The molecular formula is C20H43O2PS3Zn. The minimum Gasteiger partial charge on any atom is -2.00 e. The first-order valence-electron chi connectivity index (χ1n) is 10.7. The van der Waals surface area contributed by atoms with Crippen LogP contribution in [-0.4, -0.2) is 17.3 Å². The number of rotatable bonds is 20. The fourth-order valence-electron chi connectivity index (χ4n) is 2.87. The largest absolute Gasteiger partial charge is 2.00 e. The minimum absolute atomic E-state index is 0. The summed E-state index contributed by atoms with van der Waals surface area (Å²) in [5, 5.41) is 0. The molecule has 0 amide bonds. The molecule has 0 aromatic carbocycles. The van der Waals surface area contributed by atoms with Crippen LogP contribution in [0, 0.1) is 0 Å². The van der Waals surface area contributed by atoms with Crippen LogP contribution in [0.25, 0.3) is 0 Å². The van der Waals surface area contributed by atoms with Gasteiger partial charge in [0.15, 0.2) is 0 Å². The Morgan fingerprint density at radius 3 is 1.52 bits per heavy atom. The zero-order valence-corrected chi connectivity index (χ0v) is 24.3. The van der Waals surface area contributed by atoms with Crippen LogP contribution < -0.4 is 0 Å². The molecule has 27 heavy (non-hydrogen) atoms. The van der Waals surface area contributed by atoms with Crippen molar-refractivity contribution in [2.24, 2.45) is 0 Å². The van der Waals surface area contributed by atoms with Crippen molar-refractivity contribution in [1.29, 1.82) is 0 Å². The number of hydrogen-bond acceptors (Lipinski definition) is 3. The summed E-state index contributed by atoms with van der Waals surface area (Å²) in [6.45, 7) is 5.14. The van der Waals surface area contributed by atoms with Crippen molar-refractivity contribution in [1.82, 2.24) is 0 Å². The summed E-state index contributed by atoms with van der Waals surface area (Å²) in [6.07, 6.45) is 20.8. The molecule has 0 saturated carbocycles. The van der Waals surface area contributed by atoms with Gasteiger partial charge in [-0.2, -0.15) is 0 Å². The Labute approximate surface area is 199 Å². The number of unbranched alkanes of at least 4 members (excludes halogenated alkanes) is 14. The molecule has 1 N–H and O–H groups in total. The third-order valence-corrected chi connectivity index (χ3v) is 8.92. The molecule has 160 valence electrons. The van der Waals surface area contributed by atoms with Crippen LogP contribution in [0.15, 0.2) is 0 Å². The molecule has 0 aliphatic heterocycles. The molecule has 0 aromatic rings. The van der Waals surface area contributed by atoms with Crippen LogP contribution in [0.5, 0.6) is 0 Å². The smallest absolute Gasteiger partial charge is 2.00 e. The molecule has 0 fully saturated rings. The van der Waals surface area contributed by atoms with Crippen molar-refractivity contribution < 1.29 is 28.9 Å². The summed E-state index contributed by atoms with van der Waals surface area (Å²) < 4.78 is 5.59. The standard InChI is InChI=1S/C20H43O2PS2.S.Zn/c1-3-5-7-9-11-13-15-17-19-22-23(21,24)25-20-18-16-14-12-10-8-6-4-2;;/h3-20H2,1-2H3,(H,21,24);;/q;-2;+2. The van der Waals surface area contributed by atoms with E-state index in [9.17, 15) is 4.89 Å². The van der Waals surface area contributed by atoms with E-state index in [2.05, 4.69) is 13.8 Å². The fraction of sp³-hybridized carbons (Fsp3) is 1.00. The molecule has 1 atom stereocenters. The molecule has 0 heterocycles. The second-order valence-electron chi connectivity index (χ2n) is 7.08. The first kappa shape index (κ1) is 33.5. The van der Waals surface area contributed by atoms with Gasteiger partial charge in [0.1, 0.15) is 0 Å². The fourth-order valence-corrected chi connectivity index (χ4v) is 6.29. The van der Waals surface area contributed by atoms with Crippen LogP contribution >= 0.6 is 17.1 Å². The molecule has 0 bridgehead atoms. The van der Waals surface area contributed by atoms with Crippen molar-refractivity contribution in [3.05, 3.63) is 0 Å². The first-order chi connectivity index (χ1) is 12.1. The van der Waals surface area contributed by atoms with Gasteiger partial charge in [0.2, 0.25) is 5.69 Å². The molecule has 0 aromatic heterocycles. The zero-order valence-electron chi connectivity index (χ0n) is 18.0. The van der Waals surface area contributed by atoms with Gasteiger partial charge in [-0.3, -0.25) is 0 Å². The van der Waals surface area contributed by atoms with E-state index in [1.54, 1.807) is 0 Å². The van der Waals surface area contributed by atoms with Crippen LogP contribution in [0.3, 0.4) is 0 Å². The number of hydrogen-bond donors (Lipinski definition) is 1. The van der Waals surface area contributed by atoms with Gasteiger partial charge in [0, 0.05) is 5.75 Å². The van der Waals surface area contributed by atoms with Gasteiger partial charge in [-0.1, -0.05) is 115 Å². The molecule has 7 heteroatoms. The Morgan fingerprint density at radius 2 is 1.07 bits per heavy atom. The maximum Gasteiger partial charge on any atom is 2.00 e. The van der Waals surface area contributed by atoms with Crippen molar-refractivity contribution in [3.63, 3.8) is 0 Å². The van der Waals surface area contributed by atoms with Crippen molar-refractivity contribution in [3.8, 4) is 0 Å². The minimum atomic E-state index is -2.58. The van der Waals surface area contributed by atoms with E-state index in [0.29, 0.717) is 6.61 Å². The Balaban J connectivity index is -0.00000288. The quantitative estimate of drug-likeness (QED) is 0.102. The Bertz CT molecular complexity index is 298. The second-order valence-corrected chi connectivity index (χ2v) is 13.4. The van der Waals surface area contributed by atoms with Crippen LogP contribution in [0.2, 0.25) is 0 Å². The Hall–Kier alpha value is 1.89. The summed E-state index contributed by atoms with van der Waals surface area (Å²) in [7, 11) is 0. The maximum atomic E-state index is 10.2. The maximum absolute atomic E-state index is 10.2. The van der Waals surface area contributed by atoms with E-state index in [0.717, 1.165) is 18.6 Å². The summed E-state index contributed by atoms with van der Waals surface area (Å²) in [6, 6.07) is 0. The Morgan fingerprint density at radius 1 is 0.704 bits per heavy atom. The predicted molar refractivity (Wildman–Crippen MR) is 127 cm³/mol. The molecule has 0 aliphatic rings. The zero-order chi connectivity index (χ0) is 18.6. The Kier molecular flexibility index (Phi) is 32.2. The van der Waals surface area contributed by atoms with Gasteiger partial charge < -0.3 is 22.9 Å².